The topological polar surface area (TPSA) is 96.3 Å². The van der Waals surface area contributed by atoms with Crippen molar-refractivity contribution >= 4 is 17.7 Å². The fourth-order valence-electron chi connectivity index (χ4n) is 3.52. The smallest absolute Gasteiger partial charge is 0.252 e. The van der Waals surface area contributed by atoms with Crippen molar-refractivity contribution < 1.29 is 14.4 Å². The monoisotopic (exact) mass is 333 g/mol. The number of nitrogens with zero attached hydrogens (tertiary/aromatic N) is 3. The van der Waals surface area contributed by atoms with Crippen LogP contribution in [0, 0.1) is 5.92 Å². The van der Waals surface area contributed by atoms with Crippen molar-refractivity contribution in [3.63, 3.8) is 0 Å². The Morgan fingerprint density at radius 1 is 1.38 bits per heavy atom. The summed E-state index contributed by atoms with van der Waals surface area (Å²) in [6, 6.07) is -0.939. The van der Waals surface area contributed by atoms with Crippen molar-refractivity contribution in [2.24, 2.45) is 13.0 Å². The maximum absolute atomic E-state index is 12.7. The van der Waals surface area contributed by atoms with E-state index in [0.717, 1.165) is 5.56 Å². The van der Waals surface area contributed by atoms with Crippen LogP contribution in [0.2, 0.25) is 0 Å². The van der Waals surface area contributed by atoms with Gasteiger partial charge in [-0.05, 0) is 19.4 Å². The largest absolute Gasteiger partial charge is 0.343 e. The minimum absolute atomic E-state index is 0.0205. The lowest BCUT2D eigenvalue weighted by Crippen LogP contribution is -2.46. The van der Waals surface area contributed by atoms with Gasteiger partial charge in [0.1, 0.15) is 6.04 Å². The summed E-state index contributed by atoms with van der Waals surface area (Å²) >= 11 is 0. The molecule has 0 aromatic carbocycles. The van der Waals surface area contributed by atoms with Crippen LogP contribution < -0.4 is 10.6 Å². The van der Waals surface area contributed by atoms with Crippen LogP contribution >= 0.6 is 0 Å². The molecule has 0 spiro atoms. The first-order valence-electron chi connectivity index (χ1n) is 8.24. The Hall–Kier alpha value is -2.22. The van der Waals surface area contributed by atoms with Gasteiger partial charge in [0, 0.05) is 38.3 Å². The van der Waals surface area contributed by atoms with Gasteiger partial charge < -0.3 is 10.6 Å². The molecule has 2 N–H and O–H groups in total. The van der Waals surface area contributed by atoms with Crippen LogP contribution in [-0.4, -0.2) is 57.6 Å². The maximum Gasteiger partial charge on any atom is 0.252 e. The highest BCUT2D eigenvalue weighted by Gasteiger charge is 2.43. The van der Waals surface area contributed by atoms with Crippen molar-refractivity contribution in [2.45, 2.75) is 38.3 Å². The van der Waals surface area contributed by atoms with Gasteiger partial charge in [0.25, 0.3) is 5.91 Å². The van der Waals surface area contributed by atoms with E-state index in [9.17, 15) is 14.4 Å². The Morgan fingerprint density at radius 2 is 2.12 bits per heavy atom. The van der Waals surface area contributed by atoms with Gasteiger partial charge in [-0.25, -0.2) is 0 Å². The first-order chi connectivity index (χ1) is 11.4. The van der Waals surface area contributed by atoms with Crippen LogP contribution in [0.3, 0.4) is 0 Å². The summed E-state index contributed by atoms with van der Waals surface area (Å²) in [6.45, 7) is 4.83. The number of nitrogens with one attached hydrogen (secondary N) is 2. The van der Waals surface area contributed by atoms with Crippen molar-refractivity contribution in [2.75, 3.05) is 13.1 Å². The number of likely N-dealkylation sites (tertiary alicyclic amines) is 1. The van der Waals surface area contributed by atoms with E-state index in [4.69, 9.17) is 0 Å². The molecule has 24 heavy (non-hydrogen) atoms. The summed E-state index contributed by atoms with van der Waals surface area (Å²) in [5.74, 6) is -0.983. The summed E-state index contributed by atoms with van der Waals surface area (Å²) in [4.78, 5) is 38.2. The summed E-state index contributed by atoms with van der Waals surface area (Å²) in [6.07, 6.45) is 3.71. The third-order valence-electron chi connectivity index (χ3n) is 4.72. The standard InChI is InChI=1S/C16H23N5O3/c1-9(2)21-14(22)4-13(16(21)24)19-15(23)12-7-17-6-11(12)10-5-18-20(3)8-10/h5,8-9,11-13,17H,4,6-7H2,1-3H3,(H,19,23)/t11-,12+,13?/m1/s1. The summed E-state index contributed by atoms with van der Waals surface area (Å²) in [5.41, 5.74) is 1.00. The highest BCUT2D eigenvalue weighted by molar-refractivity contribution is 6.07. The van der Waals surface area contributed by atoms with E-state index < -0.39 is 6.04 Å². The molecule has 0 radical (unpaired) electrons. The molecule has 2 saturated heterocycles. The predicted octanol–water partition coefficient (Wildman–Crippen LogP) is -0.625. The molecule has 0 saturated carbocycles. The summed E-state index contributed by atoms with van der Waals surface area (Å²) in [7, 11) is 1.84. The number of hydrogen-bond acceptors (Lipinski definition) is 5. The lowest BCUT2D eigenvalue weighted by Gasteiger charge is -2.21. The molecule has 2 fully saturated rings. The SMILES string of the molecule is CC(C)N1C(=O)CC(NC(=O)[C@H]2CNC[C@@H]2c2cnn(C)c2)C1=O. The molecule has 1 aromatic rings. The summed E-state index contributed by atoms with van der Waals surface area (Å²) < 4.78 is 1.71. The molecule has 8 heteroatoms. The molecule has 3 rings (SSSR count). The zero-order chi connectivity index (χ0) is 17.4. The van der Waals surface area contributed by atoms with Crippen LogP contribution in [-0.2, 0) is 21.4 Å². The van der Waals surface area contributed by atoms with Crippen LogP contribution in [0.25, 0.3) is 0 Å². The second-order valence-electron chi connectivity index (χ2n) is 6.78. The molecule has 1 unspecified atom stereocenters. The Kier molecular flexibility index (Phi) is 4.40. The van der Waals surface area contributed by atoms with Crippen molar-refractivity contribution in [1.82, 2.24) is 25.3 Å². The predicted molar refractivity (Wildman–Crippen MR) is 85.8 cm³/mol. The van der Waals surface area contributed by atoms with E-state index in [1.165, 1.54) is 4.90 Å². The number of aromatic nitrogens is 2. The molecule has 2 aliphatic heterocycles. The molecular formula is C16H23N5O3. The molecule has 3 atom stereocenters. The highest BCUT2D eigenvalue weighted by atomic mass is 16.2. The van der Waals surface area contributed by atoms with E-state index >= 15 is 0 Å². The van der Waals surface area contributed by atoms with Crippen LogP contribution in [0.1, 0.15) is 31.7 Å². The van der Waals surface area contributed by atoms with Crippen LogP contribution in [0.5, 0.6) is 0 Å². The normalized spacial score (nSPS) is 27.3. The molecule has 1 aromatic heterocycles. The fraction of sp³-hybridized carbons (Fsp3) is 0.625. The number of carbonyl (C=O) groups excluding carboxylic acids is 3. The van der Waals surface area contributed by atoms with Gasteiger partial charge >= 0.3 is 0 Å². The van der Waals surface area contributed by atoms with Gasteiger partial charge in [-0.2, -0.15) is 5.10 Å². The van der Waals surface area contributed by atoms with Crippen LogP contribution in [0.15, 0.2) is 12.4 Å². The lowest BCUT2D eigenvalue weighted by atomic mass is 9.90. The van der Waals surface area contributed by atoms with Gasteiger partial charge in [-0.3, -0.25) is 24.0 Å². The quantitative estimate of drug-likeness (QED) is 0.716. The van der Waals surface area contributed by atoms with Gasteiger partial charge in [0.05, 0.1) is 18.5 Å². The highest BCUT2D eigenvalue weighted by Crippen LogP contribution is 2.28. The Balaban J connectivity index is 1.69. The maximum atomic E-state index is 12.7. The van der Waals surface area contributed by atoms with E-state index in [0.29, 0.717) is 13.1 Å². The van der Waals surface area contributed by atoms with Crippen molar-refractivity contribution in [3.05, 3.63) is 18.0 Å². The zero-order valence-electron chi connectivity index (χ0n) is 14.2. The average molecular weight is 333 g/mol. The van der Waals surface area contributed by atoms with E-state index in [1.54, 1.807) is 24.7 Å². The lowest BCUT2D eigenvalue weighted by molar-refractivity contribution is -0.141. The molecule has 8 nitrogen and oxygen atoms in total. The second-order valence-corrected chi connectivity index (χ2v) is 6.78. The van der Waals surface area contributed by atoms with Gasteiger partial charge in [-0.1, -0.05) is 0 Å². The summed E-state index contributed by atoms with van der Waals surface area (Å²) in [5, 5.41) is 10.2. The van der Waals surface area contributed by atoms with E-state index in [-0.39, 0.29) is 42.0 Å². The van der Waals surface area contributed by atoms with Gasteiger partial charge in [0.2, 0.25) is 11.8 Å². The van der Waals surface area contributed by atoms with E-state index in [1.807, 2.05) is 13.2 Å². The minimum atomic E-state index is -0.748. The number of imide groups is 1. The number of aryl methyl sites for hydroxylation is 1. The van der Waals surface area contributed by atoms with Gasteiger partial charge in [-0.15, -0.1) is 0 Å². The fourth-order valence-corrected chi connectivity index (χ4v) is 3.52. The Bertz CT molecular complexity index is 668. The number of carbonyl (C=O) groups is 3. The Morgan fingerprint density at radius 3 is 2.71 bits per heavy atom. The number of hydrogen-bond donors (Lipinski definition) is 2. The molecule has 3 heterocycles. The third-order valence-corrected chi connectivity index (χ3v) is 4.72. The number of rotatable bonds is 4. The molecule has 130 valence electrons. The average Bonchev–Trinajstić information content (AvgIpc) is 3.19. The van der Waals surface area contributed by atoms with Crippen LogP contribution in [0.4, 0.5) is 0 Å². The van der Waals surface area contributed by atoms with Gasteiger partial charge in [0.15, 0.2) is 0 Å². The molecule has 2 aliphatic rings. The zero-order valence-corrected chi connectivity index (χ0v) is 14.2. The molecule has 3 amide bonds. The third kappa shape index (κ3) is 2.93. The number of amides is 3. The van der Waals surface area contributed by atoms with Crippen molar-refractivity contribution in [3.8, 4) is 0 Å². The second kappa shape index (κ2) is 6.35. The molecule has 0 bridgehead atoms. The first-order valence-corrected chi connectivity index (χ1v) is 8.24. The molecule has 0 aliphatic carbocycles. The first kappa shape index (κ1) is 16.6. The van der Waals surface area contributed by atoms with E-state index in [2.05, 4.69) is 15.7 Å². The molecular weight excluding hydrogens is 310 g/mol. The minimum Gasteiger partial charge on any atom is -0.343 e. The van der Waals surface area contributed by atoms with Crippen molar-refractivity contribution in [1.29, 1.82) is 0 Å². The Labute approximate surface area is 140 Å².